The van der Waals surface area contributed by atoms with Crippen LogP contribution in [0, 0.1) is 11.3 Å². The number of halogens is 2. The standard InChI is InChI=1S/C8H12ClFN2O/c1-12(8(13)5-9)6-7(10)3-2-4-11/h7H,2-3,5-6H2,1H3. The van der Waals surface area contributed by atoms with E-state index in [1.165, 1.54) is 11.9 Å². The van der Waals surface area contributed by atoms with Gasteiger partial charge in [-0.05, 0) is 6.42 Å². The normalized spacial score (nSPS) is 11.8. The second-order valence-electron chi connectivity index (χ2n) is 2.70. The second-order valence-corrected chi connectivity index (χ2v) is 2.97. The summed E-state index contributed by atoms with van der Waals surface area (Å²) in [6, 6.07) is 1.85. The van der Waals surface area contributed by atoms with Crippen molar-refractivity contribution in [1.82, 2.24) is 4.90 Å². The van der Waals surface area contributed by atoms with Gasteiger partial charge in [-0.25, -0.2) is 4.39 Å². The van der Waals surface area contributed by atoms with Crippen molar-refractivity contribution >= 4 is 17.5 Å². The first-order valence-corrected chi connectivity index (χ1v) is 4.46. The molecule has 13 heavy (non-hydrogen) atoms. The number of rotatable bonds is 5. The number of alkyl halides is 2. The zero-order valence-electron chi connectivity index (χ0n) is 7.46. The number of nitrogens with zero attached hydrogens (tertiary/aromatic N) is 2. The van der Waals surface area contributed by atoms with Crippen molar-refractivity contribution in [1.29, 1.82) is 5.26 Å². The molecule has 0 radical (unpaired) electrons. The van der Waals surface area contributed by atoms with E-state index in [0.717, 1.165) is 0 Å². The summed E-state index contributed by atoms with van der Waals surface area (Å²) in [6.45, 7) is 0.00718. The Balaban J connectivity index is 3.72. The maximum Gasteiger partial charge on any atom is 0.237 e. The summed E-state index contributed by atoms with van der Waals surface area (Å²) in [5, 5.41) is 8.19. The fourth-order valence-corrected chi connectivity index (χ4v) is 1.02. The molecule has 1 amide bonds. The van der Waals surface area contributed by atoms with Crippen LogP contribution in [0.15, 0.2) is 0 Å². The molecule has 5 heteroatoms. The molecule has 0 aliphatic heterocycles. The van der Waals surface area contributed by atoms with Gasteiger partial charge in [0.1, 0.15) is 12.1 Å². The lowest BCUT2D eigenvalue weighted by atomic mass is 10.2. The number of hydrogen-bond acceptors (Lipinski definition) is 2. The van der Waals surface area contributed by atoms with Crippen LogP contribution in [-0.2, 0) is 4.79 Å². The average molecular weight is 207 g/mol. The molecule has 0 aliphatic carbocycles. The number of hydrogen-bond donors (Lipinski definition) is 0. The molecule has 0 saturated heterocycles. The van der Waals surface area contributed by atoms with Crippen molar-refractivity contribution in [2.45, 2.75) is 19.0 Å². The molecule has 0 bridgehead atoms. The van der Waals surface area contributed by atoms with Crippen molar-refractivity contribution in [3.8, 4) is 6.07 Å². The molecule has 0 spiro atoms. The van der Waals surface area contributed by atoms with E-state index in [2.05, 4.69) is 0 Å². The third-order valence-electron chi connectivity index (χ3n) is 1.58. The van der Waals surface area contributed by atoms with E-state index in [0.29, 0.717) is 0 Å². The molecule has 1 atom stereocenters. The fraction of sp³-hybridized carbons (Fsp3) is 0.750. The Hall–Kier alpha value is -0.820. The molecule has 0 rings (SSSR count). The second kappa shape index (κ2) is 6.67. The fourth-order valence-electron chi connectivity index (χ4n) is 0.813. The molecule has 0 fully saturated rings. The number of amides is 1. The zero-order chi connectivity index (χ0) is 10.3. The highest BCUT2D eigenvalue weighted by Crippen LogP contribution is 2.03. The van der Waals surface area contributed by atoms with Gasteiger partial charge >= 0.3 is 0 Å². The average Bonchev–Trinajstić information content (AvgIpc) is 2.13. The molecule has 0 aliphatic rings. The SMILES string of the molecule is CN(CC(F)CCC#N)C(=O)CCl. The summed E-state index contributed by atoms with van der Waals surface area (Å²) in [7, 11) is 1.49. The topological polar surface area (TPSA) is 44.1 Å². The van der Waals surface area contributed by atoms with Crippen molar-refractivity contribution in [3.05, 3.63) is 0 Å². The van der Waals surface area contributed by atoms with Gasteiger partial charge < -0.3 is 4.90 Å². The number of carbonyl (C=O) groups excluding carboxylic acids is 1. The molecule has 0 aromatic heterocycles. The van der Waals surface area contributed by atoms with E-state index >= 15 is 0 Å². The predicted octanol–water partition coefficient (Wildman–Crippen LogP) is 1.33. The molecule has 0 N–H and O–H groups in total. The van der Waals surface area contributed by atoms with E-state index in [9.17, 15) is 9.18 Å². The van der Waals surface area contributed by atoms with Crippen LogP contribution in [0.3, 0.4) is 0 Å². The van der Waals surface area contributed by atoms with E-state index in [1.807, 2.05) is 6.07 Å². The first-order valence-electron chi connectivity index (χ1n) is 3.92. The first-order chi connectivity index (χ1) is 6.11. The molecule has 0 aromatic carbocycles. The van der Waals surface area contributed by atoms with Crippen LogP contribution < -0.4 is 0 Å². The Bertz CT molecular complexity index is 205. The van der Waals surface area contributed by atoms with Crippen LogP contribution in [0.1, 0.15) is 12.8 Å². The minimum atomic E-state index is -1.14. The van der Waals surface area contributed by atoms with Crippen LogP contribution >= 0.6 is 11.6 Å². The predicted molar refractivity (Wildman–Crippen MR) is 48.1 cm³/mol. The van der Waals surface area contributed by atoms with E-state index in [4.69, 9.17) is 16.9 Å². The highest BCUT2D eigenvalue weighted by atomic mass is 35.5. The Morgan fingerprint density at radius 1 is 1.77 bits per heavy atom. The Kier molecular flexibility index (Phi) is 6.25. The van der Waals surface area contributed by atoms with Crippen LogP contribution in [0.25, 0.3) is 0 Å². The van der Waals surface area contributed by atoms with Crippen LogP contribution in [0.2, 0.25) is 0 Å². The third kappa shape index (κ3) is 5.42. The Labute approximate surface area is 82.1 Å². The largest absolute Gasteiger partial charge is 0.342 e. The van der Waals surface area contributed by atoms with Gasteiger partial charge in [0.25, 0.3) is 0 Å². The maximum absolute atomic E-state index is 12.9. The zero-order valence-corrected chi connectivity index (χ0v) is 8.22. The number of nitriles is 1. The smallest absolute Gasteiger partial charge is 0.237 e. The van der Waals surface area contributed by atoms with Gasteiger partial charge in [-0.1, -0.05) is 0 Å². The van der Waals surface area contributed by atoms with Gasteiger partial charge in [0.05, 0.1) is 12.6 Å². The molecule has 3 nitrogen and oxygen atoms in total. The molecule has 0 saturated carbocycles. The minimum absolute atomic E-state index is 0.00718. The summed E-state index contributed by atoms with van der Waals surface area (Å²) >= 11 is 5.27. The van der Waals surface area contributed by atoms with E-state index in [1.54, 1.807) is 0 Å². The van der Waals surface area contributed by atoms with Gasteiger partial charge in [-0.15, -0.1) is 11.6 Å². The lowest BCUT2D eigenvalue weighted by molar-refractivity contribution is -0.127. The van der Waals surface area contributed by atoms with Crippen LogP contribution in [-0.4, -0.2) is 36.5 Å². The maximum atomic E-state index is 12.9. The lowest BCUT2D eigenvalue weighted by Gasteiger charge is -2.17. The summed E-state index contributed by atoms with van der Waals surface area (Å²) in [5.74, 6) is -0.442. The molecular weight excluding hydrogens is 195 g/mol. The van der Waals surface area contributed by atoms with Crippen molar-refractivity contribution in [2.75, 3.05) is 19.5 Å². The highest BCUT2D eigenvalue weighted by molar-refractivity contribution is 6.27. The van der Waals surface area contributed by atoms with Gasteiger partial charge in [0.2, 0.25) is 5.91 Å². The van der Waals surface area contributed by atoms with Crippen LogP contribution in [0.5, 0.6) is 0 Å². The molecule has 1 unspecified atom stereocenters. The van der Waals surface area contributed by atoms with Gasteiger partial charge in [0, 0.05) is 13.5 Å². The molecule has 0 aromatic rings. The first kappa shape index (κ1) is 12.2. The lowest BCUT2D eigenvalue weighted by Crippen LogP contribution is -2.33. The van der Waals surface area contributed by atoms with Crippen molar-refractivity contribution in [2.24, 2.45) is 0 Å². The molecule has 74 valence electrons. The monoisotopic (exact) mass is 206 g/mol. The number of carbonyl (C=O) groups is 1. The molecular formula is C8H12ClFN2O. The summed E-state index contributed by atoms with van der Waals surface area (Å²) < 4.78 is 12.9. The van der Waals surface area contributed by atoms with Crippen molar-refractivity contribution < 1.29 is 9.18 Å². The van der Waals surface area contributed by atoms with Gasteiger partial charge in [0.15, 0.2) is 0 Å². The highest BCUT2D eigenvalue weighted by Gasteiger charge is 2.13. The summed E-state index contributed by atoms with van der Waals surface area (Å²) in [5.41, 5.74) is 0. The van der Waals surface area contributed by atoms with Crippen LogP contribution in [0.4, 0.5) is 4.39 Å². The van der Waals surface area contributed by atoms with E-state index < -0.39 is 6.17 Å². The van der Waals surface area contributed by atoms with Gasteiger partial charge in [-0.2, -0.15) is 5.26 Å². The van der Waals surface area contributed by atoms with E-state index in [-0.39, 0.29) is 31.2 Å². The summed E-state index contributed by atoms with van der Waals surface area (Å²) in [6.07, 6.45) is -0.808. The minimum Gasteiger partial charge on any atom is -0.342 e. The van der Waals surface area contributed by atoms with Gasteiger partial charge in [-0.3, -0.25) is 4.79 Å². The Morgan fingerprint density at radius 3 is 2.85 bits per heavy atom. The van der Waals surface area contributed by atoms with Crippen molar-refractivity contribution in [3.63, 3.8) is 0 Å². The third-order valence-corrected chi connectivity index (χ3v) is 1.81. The Morgan fingerprint density at radius 2 is 2.38 bits per heavy atom. The summed E-state index contributed by atoms with van der Waals surface area (Å²) in [4.78, 5) is 12.1. The molecule has 0 heterocycles. The quantitative estimate of drug-likeness (QED) is 0.637.